The monoisotopic (exact) mass is 452 g/mol. The van der Waals surface area contributed by atoms with Crippen LogP contribution in [0.5, 0.6) is 17.2 Å². The Balaban J connectivity index is 1.44. The van der Waals surface area contributed by atoms with Crippen molar-refractivity contribution in [2.24, 2.45) is 0 Å². The number of hydrogen-bond donors (Lipinski definition) is 1. The second-order valence-corrected chi connectivity index (χ2v) is 8.72. The lowest BCUT2D eigenvalue weighted by molar-refractivity contribution is -0.140. The van der Waals surface area contributed by atoms with Crippen LogP contribution in [0, 0.1) is 0 Å². The number of amides is 2. The minimum atomic E-state index is -0.558. The Hall–Kier alpha value is -3.22. The quantitative estimate of drug-likeness (QED) is 0.626. The molecule has 0 aromatic heterocycles. The molecule has 1 unspecified atom stereocenters. The van der Waals surface area contributed by atoms with E-state index in [0.29, 0.717) is 25.1 Å². The molecule has 1 heterocycles. The van der Waals surface area contributed by atoms with Gasteiger partial charge in [-0.25, -0.2) is 0 Å². The first-order chi connectivity index (χ1) is 16.0. The number of rotatable bonds is 9. The van der Waals surface area contributed by atoms with Crippen molar-refractivity contribution in [1.29, 1.82) is 0 Å². The maximum Gasteiger partial charge on any atom is 0.242 e. The summed E-state index contributed by atoms with van der Waals surface area (Å²) in [5.41, 5.74) is 1.95. The molecule has 2 amide bonds. The number of benzene rings is 2. The molecular weight excluding hydrogens is 420 g/mol. The zero-order valence-electron chi connectivity index (χ0n) is 19.3. The Morgan fingerprint density at radius 3 is 2.48 bits per heavy atom. The summed E-state index contributed by atoms with van der Waals surface area (Å²) < 4.78 is 16.0. The fraction of sp³-hybridized carbons (Fsp3) is 0.462. The standard InChI is InChI=1S/C26H32N2O5/c1-18(26(30)27-21-5-3-4-6-21)28(16-20-7-11-22(31-2)12-8-20)25(29)14-10-19-9-13-23-24(15-19)33-17-32-23/h7-9,11-13,15,18,21H,3-6,10,14,16-17H2,1-2H3,(H,27,30). The molecule has 1 N–H and O–H groups in total. The Kier molecular flexibility index (Phi) is 7.37. The predicted molar refractivity (Wildman–Crippen MR) is 124 cm³/mol. The minimum absolute atomic E-state index is 0.0578. The van der Waals surface area contributed by atoms with Crippen molar-refractivity contribution in [2.45, 2.75) is 64.1 Å². The molecule has 1 aliphatic heterocycles. The van der Waals surface area contributed by atoms with Gasteiger partial charge < -0.3 is 24.4 Å². The number of ether oxygens (including phenoxy) is 3. The lowest BCUT2D eigenvalue weighted by atomic mass is 10.1. The number of carbonyl (C=O) groups excluding carboxylic acids is 2. The summed E-state index contributed by atoms with van der Waals surface area (Å²) in [6.07, 6.45) is 5.17. The average molecular weight is 453 g/mol. The molecule has 2 aromatic rings. The van der Waals surface area contributed by atoms with Gasteiger partial charge in [0.15, 0.2) is 11.5 Å². The van der Waals surface area contributed by atoms with Crippen molar-refractivity contribution in [3.8, 4) is 17.2 Å². The molecule has 2 aromatic carbocycles. The number of carbonyl (C=O) groups is 2. The Bertz CT molecular complexity index is 969. The number of nitrogens with zero attached hydrogens (tertiary/aromatic N) is 1. The van der Waals surface area contributed by atoms with Crippen molar-refractivity contribution < 1.29 is 23.8 Å². The summed E-state index contributed by atoms with van der Waals surface area (Å²) in [4.78, 5) is 28.0. The van der Waals surface area contributed by atoms with Crippen molar-refractivity contribution in [2.75, 3.05) is 13.9 Å². The van der Waals surface area contributed by atoms with E-state index in [-0.39, 0.29) is 24.6 Å². The van der Waals surface area contributed by atoms with Gasteiger partial charge in [0.2, 0.25) is 18.6 Å². The van der Waals surface area contributed by atoms with Crippen molar-refractivity contribution >= 4 is 11.8 Å². The number of methoxy groups -OCH3 is 1. The smallest absolute Gasteiger partial charge is 0.242 e. The van der Waals surface area contributed by atoms with E-state index in [1.165, 1.54) is 0 Å². The van der Waals surface area contributed by atoms with Gasteiger partial charge >= 0.3 is 0 Å². The van der Waals surface area contributed by atoms with Crippen LogP contribution in [0.3, 0.4) is 0 Å². The SMILES string of the molecule is COc1ccc(CN(C(=O)CCc2ccc3c(c2)OCO3)C(C)C(=O)NC2CCCC2)cc1. The molecule has 1 fully saturated rings. The van der Waals surface area contributed by atoms with Crippen molar-refractivity contribution in [3.63, 3.8) is 0 Å². The van der Waals surface area contributed by atoms with E-state index < -0.39 is 6.04 Å². The third kappa shape index (κ3) is 5.78. The van der Waals surface area contributed by atoms with Crippen LogP contribution in [0.4, 0.5) is 0 Å². The maximum absolute atomic E-state index is 13.3. The number of fused-ring (bicyclic) bond motifs is 1. The third-order valence-corrected chi connectivity index (χ3v) is 6.45. The summed E-state index contributed by atoms with van der Waals surface area (Å²) in [6.45, 7) is 2.40. The largest absolute Gasteiger partial charge is 0.497 e. The van der Waals surface area contributed by atoms with Crippen LogP contribution in [0.1, 0.15) is 50.2 Å². The van der Waals surface area contributed by atoms with Gasteiger partial charge in [0, 0.05) is 19.0 Å². The Morgan fingerprint density at radius 1 is 1.06 bits per heavy atom. The van der Waals surface area contributed by atoms with Gasteiger partial charge in [0.25, 0.3) is 0 Å². The highest BCUT2D eigenvalue weighted by Crippen LogP contribution is 2.33. The lowest BCUT2D eigenvalue weighted by Gasteiger charge is -2.30. The van der Waals surface area contributed by atoms with Gasteiger partial charge in [-0.3, -0.25) is 9.59 Å². The second kappa shape index (κ2) is 10.6. The van der Waals surface area contributed by atoms with E-state index >= 15 is 0 Å². The average Bonchev–Trinajstić information content (AvgIpc) is 3.52. The van der Waals surface area contributed by atoms with Gasteiger partial charge in [-0.15, -0.1) is 0 Å². The van der Waals surface area contributed by atoms with Crippen LogP contribution in [0.25, 0.3) is 0 Å². The Labute approximate surface area is 195 Å². The molecule has 7 heteroatoms. The van der Waals surface area contributed by atoms with Crippen LogP contribution in [0.2, 0.25) is 0 Å². The molecule has 1 saturated carbocycles. The lowest BCUT2D eigenvalue weighted by Crippen LogP contribution is -2.49. The van der Waals surface area contributed by atoms with Gasteiger partial charge in [-0.1, -0.05) is 31.0 Å². The molecule has 2 aliphatic rings. The number of nitrogens with one attached hydrogen (secondary N) is 1. The third-order valence-electron chi connectivity index (χ3n) is 6.45. The highest BCUT2D eigenvalue weighted by Gasteiger charge is 2.28. The van der Waals surface area contributed by atoms with Crippen LogP contribution in [-0.2, 0) is 22.6 Å². The maximum atomic E-state index is 13.3. The van der Waals surface area contributed by atoms with Gasteiger partial charge in [-0.2, -0.15) is 0 Å². The first kappa shape index (κ1) is 23.0. The first-order valence-electron chi connectivity index (χ1n) is 11.6. The van der Waals surface area contributed by atoms with Crippen LogP contribution in [-0.4, -0.2) is 42.7 Å². The van der Waals surface area contributed by atoms with Crippen LogP contribution >= 0.6 is 0 Å². The minimum Gasteiger partial charge on any atom is -0.497 e. The van der Waals surface area contributed by atoms with E-state index in [1.54, 1.807) is 12.0 Å². The molecule has 0 spiro atoms. The Morgan fingerprint density at radius 2 is 1.76 bits per heavy atom. The molecule has 0 bridgehead atoms. The summed E-state index contributed by atoms with van der Waals surface area (Å²) in [7, 11) is 1.62. The zero-order chi connectivity index (χ0) is 23.2. The van der Waals surface area contributed by atoms with E-state index in [2.05, 4.69) is 5.32 Å². The topological polar surface area (TPSA) is 77.1 Å². The summed E-state index contributed by atoms with van der Waals surface area (Å²) in [5.74, 6) is 2.04. The molecule has 0 radical (unpaired) electrons. The zero-order valence-corrected chi connectivity index (χ0v) is 19.3. The van der Waals surface area contributed by atoms with Gasteiger partial charge in [-0.05, 0) is 61.6 Å². The molecule has 33 heavy (non-hydrogen) atoms. The van der Waals surface area contributed by atoms with Crippen molar-refractivity contribution in [3.05, 3.63) is 53.6 Å². The second-order valence-electron chi connectivity index (χ2n) is 8.72. The molecule has 176 valence electrons. The summed E-state index contributed by atoms with van der Waals surface area (Å²) in [5, 5.41) is 3.14. The van der Waals surface area contributed by atoms with E-state index in [9.17, 15) is 9.59 Å². The molecule has 4 rings (SSSR count). The molecular formula is C26H32N2O5. The summed E-state index contributed by atoms with van der Waals surface area (Å²) >= 11 is 0. The fourth-order valence-electron chi connectivity index (χ4n) is 4.39. The summed E-state index contributed by atoms with van der Waals surface area (Å²) in [6, 6.07) is 13.0. The highest BCUT2D eigenvalue weighted by molar-refractivity contribution is 5.87. The van der Waals surface area contributed by atoms with Crippen LogP contribution in [0.15, 0.2) is 42.5 Å². The van der Waals surface area contributed by atoms with Gasteiger partial charge in [0.05, 0.1) is 7.11 Å². The normalized spacial score (nSPS) is 15.8. The number of aryl methyl sites for hydroxylation is 1. The highest BCUT2D eigenvalue weighted by atomic mass is 16.7. The molecule has 0 saturated heterocycles. The van der Waals surface area contributed by atoms with E-state index in [4.69, 9.17) is 14.2 Å². The van der Waals surface area contributed by atoms with Gasteiger partial charge in [0.1, 0.15) is 11.8 Å². The predicted octanol–water partition coefficient (Wildman–Crippen LogP) is 3.83. The molecule has 1 aliphatic carbocycles. The van der Waals surface area contributed by atoms with Crippen LogP contribution < -0.4 is 19.5 Å². The molecule has 7 nitrogen and oxygen atoms in total. The molecule has 1 atom stereocenters. The number of hydrogen-bond acceptors (Lipinski definition) is 5. The first-order valence-corrected chi connectivity index (χ1v) is 11.6. The van der Waals surface area contributed by atoms with Crippen molar-refractivity contribution in [1.82, 2.24) is 10.2 Å². The fourth-order valence-corrected chi connectivity index (χ4v) is 4.39. The van der Waals surface area contributed by atoms with E-state index in [1.807, 2.05) is 49.4 Å². The van der Waals surface area contributed by atoms with E-state index in [0.717, 1.165) is 48.3 Å².